The van der Waals surface area contributed by atoms with E-state index >= 15 is 0 Å². The smallest absolute Gasteiger partial charge is 0.255 e. The first-order chi connectivity index (χ1) is 13.9. The van der Waals surface area contributed by atoms with Crippen LogP contribution in [0.2, 0.25) is 5.02 Å². The van der Waals surface area contributed by atoms with E-state index in [1.807, 2.05) is 11.1 Å². The van der Waals surface area contributed by atoms with Crippen molar-refractivity contribution in [2.45, 2.75) is 44.4 Å². The Morgan fingerprint density at radius 2 is 2.17 bits per heavy atom. The quantitative estimate of drug-likeness (QED) is 0.804. The molecular weight excluding hydrogens is 390 g/mol. The fraction of sp³-hybridized carbons (Fsp3) is 0.429. The summed E-state index contributed by atoms with van der Waals surface area (Å²) in [6.07, 6.45) is 5.83. The minimum atomic E-state index is -0.181. The zero-order chi connectivity index (χ0) is 20.6. The Labute approximate surface area is 174 Å². The lowest BCUT2D eigenvalue weighted by Gasteiger charge is -2.40. The molecule has 152 valence electrons. The Balaban J connectivity index is 1.63. The summed E-state index contributed by atoms with van der Waals surface area (Å²) in [4.78, 5) is 35.8. The lowest BCUT2D eigenvalue weighted by Crippen LogP contribution is -2.48. The largest absolute Gasteiger partial charge is 0.368 e. The van der Waals surface area contributed by atoms with Gasteiger partial charge in [-0.1, -0.05) is 18.5 Å². The molecule has 2 aromatic rings. The number of amides is 2. The summed E-state index contributed by atoms with van der Waals surface area (Å²) in [5, 5.41) is 3.27. The standard InChI is InChI=1S/C21H24ClN5O2/c1-2-17(28)25-16-10-14(22)4-5-15(16)19(29)27-9-3-7-21(12-27)8-6-13-11-24-20(23)26-18(13)21/h4-5,10-11H,2-3,6-9,12H2,1H3,(H,25,28)(H2,23,24,26). The second-order valence-corrected chi connectivity index (χ2v) is 8.24. The number of likely N-dealkylation sites (tertiary alicyclic amines) is 1. The van der Waals surface area contributed by atoms with Gasteiger partial charge in [0.15, 0.2) is 0 Å². The molecular formula is C21H24ClN5O2. The van der Waals surface area contributed by atoms with Crippen LogP contribution in [0.3, 0.4) is 0 Å². The minimum absolute atomic E-state index is 0.109. The van der Waals surface area contributed by atoms with Crippen molar-refractivity contribution in [2.75, 3.05) is 24.1 Å². The van der Waals surface area contributed by atoms with Crippen LogP contribution in [0.15, 0.2) is 24.4 Å². The van der Waals surface area contributed by atoms with Gasteiger partial charge in [0.05, 0.1) is 16.9 Å². The summed E-state index contributed by atoms with van der Waals surface area (Å²) in [7, 11) is 0. The number of aryl methyl sites for hydroxylation is 1. The van der Waals surface area contributed by atoms with Gasteiger partial charge in [-0.3, -0.25) is 9.59 Å². The molecule has 1 fully saturated rings. The Kier molecular flexibility index (Phi) is 5.17. The number of hydrogen-bond donors (Lipinski definition) is 2. The summed E-state index contributed by atoms with van der Waals surface area (Å²) in [6.45, 7) is 3.01. The number of aromatic nitrogens is 2. The maximum absolute atomic E-state index is 13.4. The molecule has 0 radical (unpaired) electrons. The first-order valence-corrected chi connectivity index (χ1v) is 10.3. The highest BCUT2D eigenvalue weighted by atomic mass is 35.5. The number of nitrogens with zero attached hydrogens (tertiary/aromatic N) is 3. The van der Waals surface area contributed by atoms with E-state index < -0.39 is 0 Å². The van der Waals surface area contributed by atoms with E-state index in [1.165, 1.54) is 0 Å². The predicted molar refractivity (Wildman–Crippen MR) is 112 cm³/mol. The van der Waals surface area contributed by atoms with E-state index in [2.05, 4.69) is 15.3 Å². The normalized spacial score (nSPS) is 20.6. The number of fused-ring (bicyclic) bond motifs is 2. The second kappa shape index (κ2) is 7.63. The average Bonchev–Trinajstić information content (AvgIpc) is 3.04. The van der Waals surface area contributed by atoms with Crippen molar-refractivity contribution in [3.05, 3.63) is 46.2 Å². The Morgan fingerprint density at radius 3 is 2.97 bits per heavy atom. The van der Waals surface area contributed by atoms with Crippen LogP contribution in [0.25, 0.3) is 0 Å². The molecule has 1 saturated heterocycles. The van der Waals surface area contributed by atoms with Crippen molar-refractivity contribution in [1.82, 2.24) is 14.9 Å². The van der Waals surface area contributed by atoms with Crippen LogP contribution in [0.1, 0.15) is 54.2 Å². The summed E-state index contributed by atoms with van der Waals surface area (Å²) in [5.74, 6) is 0.00619. The Bertz CT molecular complexity index is 976. The van der Waals surface area contributed by atoms with Crippen molar-refractivity contribution in [1.29, 1.82) is 0 Å². The number of nitrogens with two attached hydrogens (primary N) is 1. The molecule has 1 spiro atoms. The van der Waals surface area contributed by atoms with Crippen molar-refractivity contribution in [2.24, 2.45) is 0 Å². The lowest BCUT2D eigenvalue weighted by molar-refractivity contribution is -0.115. The number of piperidine rings is 1. The maximum Gasteiger partial charge on any atom is 0.255 e. The highest BCUT2D eigenvalue weighted by Gasteiger charge is 2.45. The molecule has 8 heteroatoms. The summed E-state index contributed by atoms with van der Waals surface area (Å²) < 4.78 is 0. The third-order valence-electron chi connectivity index (χ3n) is 5.93. The first-order valence-electron chi connectivity index (χ1n) is 9.92. The highest BCUT2D eigenvalue weighted by Crippen LogP contribution is 2.44. The van der Waals surface area contributed by atoms with Gasteiger partial charge in [-0.15, -0.1) is 0 Å². The third-order valence-corrected chi connectivity index (χ3v) is 6.16. The van der Waals surface area contributed by atoms with Crippen LogP contribution in [0, 0.1) is 0 Å². The van der Waals surface area contributed by atoms with E-state index in [4.69, 9.17) is 17.3 Å². The molecule has 7 nitrogen and oxygen atoms in total. The Hall–Kier alpha value is -2.67. The second-order valence-electron chi connectivity index (χ2n) is 7.80. The molecule has 1 aliphatic heterocycles. The van der Waals surface area contributed by atoms with Crippen molar-refractivity contribution < 1.29 is 9.59 Å². The van der Waals surface area contributed by atoms with E-state index in [1.54, 1.807) is 25.1 Å². The molecule has 29 heavy (non-hydrogen) atoms. The molecule has 4 rings (SSSR count). The van der Waals surface area contributed by atoms with Gasteiger partial charge in [-0.2, -0.15) is 0 Å². The number of hydrogen-bond acceptors (Lipinski definition) is 5. The van der Waals surface area contributed by atoms with Crippen molar-refractivity contribution in [3.63, 3.8) is 0 Å². The van der Waals surface area contributed by atoms with Crippen LogP contribution in [0.5, 0.6) is 0 Å². The van der Waals surface area contributed by atoms with Gasteiger partial charge < -0.3 is 16.0 Å². The predicted octanol–water partition coefficient (Wildman–Crippen LogP) is 3.18. The molecule has 1 unspecified atom stereocenters. The van der Waals surface area contributed by atoms with Gasteiger partial charge in [-0.05, 0) is 49.4 Å². The number of halogens is 1. The summed E-state index contributed by atoms with van der Waals surface area (Å²) in [6, 6.07) is 4.98. The van der Waals surface area contributed by atoms with Crippen molar-refractivity contribution in [3.8, 4) is 0 Å². The van der Waals surface area contributed by atoms with Crippen LogP contribution in [0.4, 0.5) is 11.6 Å². The van der Waals surface area contributed by atoms with Crippen LogP contribution in [-0.2, 0) is 16.6 Å². The van der Waals surface area contributed by atoms with Gasteiger partial charge in [0.1, 0.15) is 0 Å². The molecule has 0 bridgehead atoms. The summed E-state index contributed by atoms with van der Waals surface area (Å²) >= 11 is 6.10. The number of anilines is 2. The zero-order valence-corrected chi connectivity index (χ0v) is 17.1. The number of carbonyl (C=O) groups excluding carboxylic acids is 2. The molecule has 2 amide bonds. The maximum atomic E-state index is 13.4. The fourth-order valence-corrected chi connectivity index (χ4v) is 4.64. The minimum Gasteiger partial charge on any atom is -0.368 e. The third kappa shape index (κ3) is 3.67. The van der Waals surface area contributed by atoms with Gasteiger partial charge in [0.2, 0.25) is 11.9 Å². The van der Waals surface area contributed by atoms with Crippen LogP contribution in [-0.4, -0.2) is 39.8 Å². The monoisotopic (exact) mass is 413 g/mol. The van der Waals surface area contributed by atoms with E-state index in [0.29, 0.717) is 35.8 Å². The van der Waals surface area contributed by atoms with Gasteiger partial charge in [0.25, 0.3) is 5.91 Å². The van der Waals surface area contributed by atoms with E-state index in [9.17, 15) is 9.59 Å². The average molecular weight is 414 g/mol. The SMILES string of the molecule is CCC(=O)Nc1cc(Cl)ccc1C(=O)N1CCCC2(CCc3cnc(N)nc32)C1. The van der Waals surface area contributed by atoms with E-state index in [0.717, 1.165) is 36.9 Å². The van der Waals surface area contributed by atoms with Gasteiger partial charge in [0, 0.05) is 36.1 Å². The first kappa shape index (κ1) is 19.6. The number of nitrogen functional groups attached to an aromatic ring is 1. The zero-order valence-electron chi connectivity index (χ0n) is 16.4. The number of benzene rings is 1. The van der Waals surface area contributed by atoms with Crippen LogP contribution >= 0.6 is 11.6 Å². The summed E-state index contributed by atoms with van der Waals surface area (Å²) in [5.41, 5.74) is 8.67. The highest BCUT2D eigenvalue weighted by molar-refractivity contribution is 6.31. The molecule has 3 N–H and O–H groups in total. The number of rotatable bonds is 3. The van der Waals surface area contributed by atoms with Gasteiger partial charge >= 0.3 is 0 Å². The van der Waals surface area contributed by atoms with Crippen LogP contribution < -0.4 is 11.1 Å². The number of carbonyl (C=O) groups is 2. The molecule has 0 saturated carbocycles. The molecule has 1 aliphatic carbocycles. The van der Waals surface area contributed by atoms with Crippen molar-refractivity contribution >= 4 is 35.1 Å². The van der Waals surface area contributed by atoms with Gasteiger partial charge in [-0.25, -0.2) is 9.97 Å². The topological polar surface area (TPSA) is 101 Å². The molecule has 2 aliphatic rings. The molecule has 1 aromatic carbocycles. The fourth-order valence-electron chi connectivity index (χ4n) is 4.47. The van der Waals surface area contributed by atoms with E-state index in [-0.39, 0.29) is 23.2 Å². The molecule has 2 heterocycles. The number of nitrogens with one attached hydrogen (secondary N) is 1. The lowest BCUT2D eigenvalue weighted by atomic mass is 9.77. The molecule has 1 atom stereocenters. The molecule has 1 aromatic heterocycles. The Morgan fingerprint density at radius 1 is 1.34 bits per heavy atom.